The summed E-state index contributed by atoms with van der Waals surface area (Å²) >= 11 is 12.1. The SMILES string of the molecule is Clc1ccc(/C=N/Nc2nc(N3CCCC3)nc(N3CCOCC3)n2)c(Cl)c1. The molecule has 10 heteroatoms. The van der Waals surface area contributed by atoms with Crippen LogP contribution in [0.5, 0.6) is 0 Å². The van der Waals surface area contributed by atoms with Gasteiger partial charge in [-0.05, 0) is 25.0 Å². The summed E-state index contributed by atoms with van der Waals surface area (Å²) in [6.45, 7) is 4.76. The van der Waals surface area contributed by atoms with Crippen molar-refractivity contribution in [2.24, 2.45) is 5.10 Å². The highest BCUT2D eigenvalue weighted by Crippen LogP contribution is 2.22. The molecule has 2 aliphatic heterocycles. The molecule has 0 aliphatic carbocycles. The maximum atomic E-state index is 6.18. The number of morpholine rings is 1. The summed E-state index contributed by atoms with van der Waals surface area (Å²) < 4.78 is 5.43. The largest absolute Gasteiger partial charge is 0.378 e. The number of benzene rings is 1. The van der Waals surface area contributed by atoms with E-state index in [4.69, 9.17) is 27.9 Å². The lowest BCUT2D eigenvalue weighted by atomic mass is 10.2. The maximum absolute atomic E-state index is 6.18. The third-order valence-corrected chi connectivity index (χ3v) is 5.19. The second-order valence-electron chi connectivity index (χ2n) is 6.59. The summed E-state index contributed by atoms with van der Waals surface area (Å²) in [5.74, 6) is 1.72. The predicted octanol–water partition coefficient (Wildman–Crippen LogP) is 3.06. The minimum Gasteiger partial charge on any atom is -0.378 e. The van der Waals surface area contributed by atoms with Gasteiger partial charge in [0, 0.05) is 36.8 Å². The van der Waals surface area contributed by atoms with Crippen LogP contribution in [0.2, 0.25) is 10.0 Å². The Kier molecular flexibility index (Phi) is 6.09. The van der Waals surface area contributed by atoms with Gasteiger partial charge in [-0.1, -0.05) is 29.3 Å². The molecular formula is C18H21Cl2N7O. The minimum absolute atomic E-state index is 0.403. The van der Waals surface area contributed by atoms with Crippen LogP contribution in [-0.4, -0.2) is 60.6 Å². The van der Waals surface area contributed by atoms with Crippen molar-refractivity contribution in [3.63, 3.8) is 0 Å². The molecule has 1 N–H and O–H groups in total. The van der Waals surface area contributed by atoms with Crippen molar-refractivity contribution in [2.75, 3.05) is 54.6 Å². The van der Waals surface area contributed by atoms with Crippen molar-refractivity contribution < 1.29 is 4.74 Å². The van der Waals surface area contributed by atoms with Crippen LogP contribution in [0.15, 0.2) is 23.3 Å². The zero-order chi connectivity index (χ0) is 19.3. The molecule has 8 nitrogen and oxygen atoms in total. The standard InChI is InChI=1S/C18H21Cl2N7O/c19-14-4-3-13(15(20)11-14)12-21-25-16-22-17(26-5-1-2-6-26)24-18(23-16)27-7-9-28-10-8-27/h3-4,11-12H,1-2,5-10H2,(H,22,23,24,25)/b21-12+. The number of rotatable bonds is 5. The van der Waals surface area contributed by atoms with Crippen LogP contribution in [0.25, 0.3) is 0 Å². The van der Waals surface area contributed by atoms with Gasteiger partial charge in [-0.25, -0.2) is 5.43 Å². The Bertz CT molecular complexity index is 852. The fraction of sp³-hybridized carbons (Fsp3) is 0.444. The second-order valence-corrected chi connectivity index (χ2v) is 7.43. The Labute approximate surface area is 173 Å². The highest BCUT2D eigenvalue weighted by Gasteiger charge is 2.21. The van der Waals surface area contributed by atoms with Gasteiger partial charge in [0.05, 0.1) is 24.5 Å². The quantitative estimate of drug-likeness (QED) is 0.586. The minimum atomic E-state index is 0.403. The molecule has 0 bridgehead atoms. The van der Waals surface area contributed by atoms with Crippen LogP contribution in [0.1, 0.15) is 18.4 Å². The van der Waals surface area contributed by atoms with E-state index in [1.165, 1.54) is 0 Å². The Balaban J connectivity index is 1.55. The molecule has 0 saturated carbocycles. The molecular weight excluding hydrogens is 401 g/mol. The number of nitrogens with zero attached hydrogens (tertiary/aromatic N) is 6. The Morgan fingerprint density at radius 2 is 1.64 bits per heavy atom. The number of aromatic nitrogens is 3. The summed E-state index contributed by atoms with van der Waals surface area (Å²) in [4.78, 5) is 18.0. The van der Waals surface area contributed by atoms with E-state index in [1.54, 1.807) is 24.4 Å². The Morgan fingerprint density at radius 3 is 2.32 bits per heavy atom. The summed E-state index contributed by atoms with van der Waals surface area (Å²) in [5, 5.41) is 5.35. The van der Waals surface area contributed by atoms with Gasteiger partial charge in [-0.2, -0.15) is 20.1 Å². The Morgan fingerprint density at radius 1 is 0.964 bits per heavy atom. The first-order valence-corrected chi connectivity index (χ1v) is 10.0. The van der Waals surface area contributed by atoms with Crippen molar-refractivity contribution in [3.05, 3.63) is 33.8 Å². The first-order chi connectivity index (χ1) is 13.7. The van der Waals surface area contributed by atoms with Gasteiger partial charge in [0.1, 0.15) is 0 Å². The molecule has 0 radical (unpaired) electrons. The molecule has 0 unspecified atom stereocenters. The normalized spacial score (nSPS) is 17.5. The average Bonchev–Trinajstić information content (AvgIpc) is 3.25. The van der Waals surface area contributed by atoms with E-state index in [0.717, 1.165) is 44.6 Å². The average molecular weight is 422 g/mol. The van der Waals surface area contributed by atoms with Gasteiger partial charge in [-0.15, -0.1) is 0 Å². The van der Waals surface area contributed by atoms with Gasteiger partial charge in [0.2, 0.25) is 17.8 Å². The van der Waals surface area contributed by atoms with Crippen LogP contribution in [-0.2, 0) is 4.74 Å². The van der Waals surface area contributed by atoms with E-state index in [-0.39, 0.29) is 0 Å². The van der Waals surface area contributed by atoms with Gasteiger partial charge in [0.15, 0.2) is 0 Å². The molecule has 4 rings (SSSR count). The van der Waals surface area contributed by atoms with Gasteiger partial charge in [-0.3, -0.25) is 0 Å². The fourth-order valence-corrected chi connectivity index (χ4v) is 3.59. The van der Waals surface area contributed by atoms with E-state index in [2.05, 4.69) is 35.3 Å². The van der Waals surface area contributed by atoms with Crippen molar-refractivity contribution >= 4 is 47.3 Å². The number of halogens is 2. The van der Waals surface area contributed by atoms with E-state index >= 15 is 0 Å². The highest BCUT2D eigenvalue weighted by molar-refractivity contribution is 6.36. The van der Waals surface area contributed by atoms with Crippen molar-refractivity contribution in [1.29, 1.82) is 0 Å². The van der Waals surface area contributed by atoms with E-state index in [9.17, 15) is 0 Å². The molecule has 0 spiro atoms. The van der Waals surface area contributed by atoms with Crippen LogP contribution >= 0.6 is 23.2 Å². The molecule has 3 heterocycles. The first kappa shape index (κ1) is 19.2. The second kappa shape index (κ2) is 8.89. The fourth-order valence-electron chi connectivity index (χ4n) is 3.13. The molecule has 2 saturated heterocycles. The van der Waals surface area contributed by atoms with Crippen LogP contribution < -0.4 is 15.2 Å². The summed E-state index contributed by atoms with van der Waals surface area (Å²) in [6.07, 6.45) is 3.91. The van der Waals surface area contributed by atoms with Gasteiger partial charge >= 0.3 is 0 Å². The number of ether oxygens (including phenoxy) is 1. The smallest absolute Gasteiger partial charge is 0.250 e. The zero-order valence-corrected chi connectivity index (χ0v) is 16.8. The topological polar surface area (TPSA) is 78.8 Å². The van der Waals surface area contributed by atoms with Crippen LogP contribution in [0.3, 0.4) is 0 Å². The third kappa shape index (κ3) is 4.63. The molecule has 0 amide bonds. The van der Waals surface area contributed by atoms with Crippen molar-refractivity contribution in [2.45, 2.75) is 12.8 Å². The molecule has 1 aromatic heterocycles. The van der Waals surface area contributed by atoms with Gasteiger partial charge < -0.3 is 14.5 Å². The monoisotopic (exact) mass is 421 g/mol. The van der Waals surface area contributed by atoms with Crippen molar-refractivity contribution in [3.8, 4) is 0 Å². The maximum Gasteiger partial charge on any atom is 0.250 e. The first-order valence-electron chi connectivity index (χ1n) is 9.27. The number of anilines is 3. The van der Waals surface area contributed by atoms with E-state index < -0.39 is 0 Å². The molecule has 2 aromatic rings. The van der Waals surface area contributed by atoms with Crippen LogP contribution in [0.4, 0.5) is 17.8 Å². The summed E-state index contributed by atoms with van der Waals surface area (Å²) in [6, 6.07) is 5.24. The van der Waals surface area contributed by atoms with Crippen LogP contribution in [0, 0.1) is 0 Å². The highest BCUT2D eigenvalue weighted by atomic mass is 35.5. The molecule has 2 aliphatic rings. The lowest BCUT2D eigenvalue weighted by Crippen LogP contribution is -2.38. The summed E-state index contributed by atoms with van der Waals surface area (Å²) in [5.41, 5.74) is 3.66. The molecule has 1 aromatic carbocycles. The van der Waals surface area contributed by atoms with Gasteiger partial charge in [0.25, 0.3) is 0 Å². The number of hydrogen-bond donors (Lipinski definition) is 1. The number of nitrogens with one attached hydrogen (secondary N) is 1. The lowest BCUT2D eigenvalue weighted by molar-refractivity contribution is 0.122. The molecule has 2 fully saturated rings. The lowest BCUT2D eigenvalue weighted by Gasteiger charge is -2.27. The molecule has 28 heavy (non-hydrogen) atoms. The predicted molar refractivity (Wildman–Crippen MR) is 112 cm³/mol. The number of hydrazone groups is 1. The zero-order valence-electron chi connectivity index (χ0n) is 15.3. The molecule has 148 valence electrons. The third-order valence-electron chi connectivity index (χ3n) is 4.63. The number of hydrogen-bond acceptors (Lipinski definition) is 8. The van der Waals surface area contributed by atoms with E-state index in [0.29, 0.717) is 41.1 Å². The summed E-state index contributed by atoms with van der Waals surface area (Å²) in [7, 11) is 0. The van der Waals surface area contributed by atoms with Crippen molar-refractivity contribution in [1.82, 2.24) is 15.0 Å². The van der Waals surface area contributed by atoms with E-state index in [1.807, 2.05) is 0 Å². The Hall–Kier alpha value is -2.16. The molecule has 0 atom stereocenters.